The topological polar surface area (TPSA) is 81.3 Å². The Hall–Kier alpha value is -3.09. The van der Waals surface area contributed by atoms with Crippen molar-refractivity contribution in [1.29, 1.82) is 0 Å². The molecule has 148 valence electrons. The molecule has 0 N–H and O–H groups in total. The third-order valence-corrected chi connectivity index (χ3v) is 4.81. The molecule has 7 heteroatoms. The van der Waals surface area contributed by atoms with Gasteiger partial charge in [0.2, 0.25) is 0 Å². The van der Waals surface area contributed by atoms with Crippen molar-refractivity contribution < 1.29 is 23.5 Å². The van der Waals surface area contributed by atoms with Gasteiger partial charge in [0.05, 0.1) is 25.0 Å². The molecule has 0 radical (unpaired) electrons. The number of rotatable bonds is 7. The number of benzene rings is 1. The van der Waals surface area contributed by atoms with Gasteiger partial charge in [0, 0.05) is 6.42 Å². The molecule has 7 nitrogen and oxygen atoms in total. The molecule has 2 aromatic rings. The lowest BCUT2D eigenvalue weighted by atomic mass is 10.0. The standard InChI is InChI=1S/C21H24N2O5/c1-4-14(2)21(25)28-13-20(24)23-18(19-6-5-11-27-19)12-17(22-23)15-7-9-16(26-3)10-8-15/h5-11,14,18H,4,12-13H2,1-3H3. The van der Waals surface area contributed by atoms with E-state index >= 15 is 0 Å². The fourth-order valence-corrected chi connectivity index (χ4v) is 2.91. The zero-order valence-corrected chi connectivity index (χ0v) is 16.3. The summed E-state index contributed by atoms with van der Waals surface area (Å²) in [5.41, 5.74) is 1.65. The van der Waals surface area contributed by atoms with E-state index in [1.807, 2.05) is 37.3 Å². The Balaban J connectivity index is 1.78. The molecule has 28 heavy (non-hydrogen) atoms. The van der Waals surface area contributed by atoms with Crippen molar-refractivity contribution in [1.82, 2.24) is 5.01 Å². The van der Waals surface area contributed by atoms with Crippen LogP contribution in [0, 0.1) is 5.92 Å². The highest BCUT2D eigenvalue weighted by atomic mass is 16.5. The molecule has 1 aliphatic heterocycles. The van der Waals surface area contributed by atoms with E-state index in [-0.39, 0.29) is 30.4 Å². The van der Waals surface area contributed by atoms with Gasteiger partial charge in [-0.2, -0.15) is 5.10 Å². The minimum atomic E-state index is -0.387. The Morgan fingerprint density at radius 1 is 1.29 bits per heavy atom. The van der Waals surface area contributed by atoms with Crippen LogP contribution in [0.4, 0.5) is 0 Å². The van der Waals surface area contributed by atoms with Crippen LogP contribution in [-0.2, 0) is 14.3 Å². The first-order chi connectivity index (χ1) is 13.5. The Labute approximate surface area is 163 Å². The molecule has 3 rings (SSSR count). The minimum Gasteiger partial charge on any atom is -0.497 e. The molecule has 2 unspecified atom stereocenters. The average Bonchev–Trinajstić information content (AvgIpc) is 3.40. The zero-order valence-electron chi connectivity index (χ0n) is 16.3. The number of furan rings is 1. The molecule has 0 bridgehead atoms. The molecule has 0 saturated heterocycles. The summed E-state index contributed by atoms with van der Waals surface area (Å²) < 4.78 is 15.9. The predicted molar refractivity (Wildman–Crippen MR) is 103 cm³/mol. The highest BCUT2D eigenvalue weighted by molar-refractivity contribution is 6.03. The second-order valence-electron chi connectivity index (χ2n) is 6.67. The van der Waals surface area contributed by atoms with Gasteiger partial charge in [0.25, 0.3) is 5.91 Å². The van der Waals surface area contributed by atoms with E-state index in [2.05, 4.69) is 5.10 Å². The van der Waals surface area contributed by atoms with Crippen molar-refractivity contribution in [2.45, 2.75) is 32.7 Å². The monoisotopic (exact) mass is 384 g/mol. The number of hydrogen-bond acceptors (Lipinski definition) is 6. The molecular formula is C21H24N2O5. The summed E-state index contributed by atoms with van der Waals surface area (Å²) in [5, 5.41) is 5.85. The van der Waals surface area contributed by atoms with Crippen LogP contribution in [0.1, 0.15) is 44.1 Å². The molecule has 0 saturated carbocycles. The number of carbonyl (C=O) groups is 2. The molecule has 1 aromatic heterocycles. The molecule has 1 amide bonds. The number of ether oxygens (including phenoxy) is 2. The lowest BCUT2D eigenvalue weighted by molar-refractivity contribution is -0.156. The lowest BCUT2D eigenvalue weighted by Crippen LogP contribution is -2.32. The van der Waals surface area contributed by atoms with Crippen LogP contribution in [-0.4, -0.2) is 36.3 Å². The number of esters is 1. The summed E-state index contributed by atoms with van der Waals surface area (Å²) >= 11 is 0. The van der Waals surface area contributed by atoms with Crippen molar-refractivity contribution in [2.24, 2.45) is 11.0 Å². The Bertz CT molecular complexity index is 842. The Kier molecular flexibility index (Phi) is 6.13. The van der Waals surface area contributed by atoms with E-state index in [9.17, 15) is 9.59 Å². The van der Waals surface area contributed by atoms with Crippen LogP contribution in [0.15, 0.2) is 52.2 Å². The SMILES string of the molecule is CCC(C)C(=O)OCC(=O)N1N=C(c2ccc(OC)cc2)CC1c1ccco1. The predicted octanol–water partition coefficient (Wildman–Crippen LogP) is 3.56. The van der Waals surface area contributed by atoms with Crippen LogP contribution in [0.3, 0.4) is 0 Å². The van der Waals surface area contributed by atoms with Gasteiger partial charge in [-0.15, -0.1) is 0 Å². The van der Waals surface area contributed by atoms with Gasteiger partial charge in [-0.25, -0.2) is 5.01 Å². The van der Waals surface area contributed by atoms with E-state index in [0.717, 1.165) is 17.0 Å². The van der Waals surface area contributed by atoms with Gasteiger partial charge in [0.15, 0.2) is 6.61 Å². The first kappa shape index (κ1) is 19.7. The van der Waals surface area contributed by atoms with Crippen molar-refractivity contribution in [3.05, 3.63) is 54.0 Å². The summed E-state index contributed by atoms with van der Waals surface area (Å²) in [6.07, 6.45) is 2.72. The maximum absolute atomic E-state index is 12.7. The average molecular weight is 384 g/mol. The maximum atomic E-state index is 12.7. The fraction of sp³-hybridized carbons (Fsp3) is 0.381. The van der Waals surface area contributed by atoms with Gasteiger partial charge in [-0.05, 0) is 48.4 Å². The Morgan fingerprint density at radius 3 is 2.64 bits per heavy atom. The summed E-state index contributed by atoms with van der Waals surface area (Å²) in [6, 6.07) is 10.7. The van der Waals surface area contributed by atoms with Crippen LogP contribution in [0.5, 0.6) is 5.75 Å². The van der Waals surface area contributed by atoms with Gasteiger partial charge < -0.3 is 13.9 Å². The van der Waals surface area contributed by atoms with Crippen LogP contribution >= 0.6 is 0 Å². The smallest absolute Gasteiger partial charge is 0.309 e. The molecule has 0 aliphatic carbocycles. The van der Waals surface area contributed by atoms with E-state index in [4.69, 9.17) is 13.9 Å². The zero-order chi connectivity index (χ0) is 20.1. The number of methoxy groups -OCH3 is 1. The third-order valence-electron chi connectivity index (χ3n) is 4.81. The second-order valence-corrected chi connectivity index (χ2v) is 6.67. The van der Waals surface area contributed by atoms with Crippen molar-refractivity contribution in [3.63, 3.8) is 0 Å². The molecule has 2 heterocycles. The molecule has 1 aromatic carbocycles. The normalized spacial score (nSPS) is 17.2. The Morgan fingerprint density at radius 2 is 2.04 bits per heavy atom. The summed E-state index contributed by atoms with van der Waals surface area (Å²) in [4.78, 5) is 24.6. The van der Waals surface area contributed by atoms with Gasteiger partial charge in [-0.1, -0.05) is 13.8 Å². The van der Waals surface area contributed by atoms with E-state index in [1.165, 1.54) is 5.01 Å². The van der Waals surface area contributed by atoms with Gasteiger partial charge >= 0.3 is 5.97 Å². The highest BCUT2D eigenvalue weighted by Crippen LogP contribution is 2.33. The van der Waals surface area contributed by atoms with Crippen LogP contribution in [0.25, 0.3) is 0 Å². The van der Waals surface area contributed by atoms with Crippen molar-refractivity contribution >= 4 is 17.6 Å². The molecule has 0 spiro atoms. The third kappa shape index (κ3) is 4.24. The molecule has 1 aliphatic rings. The number of hydrazone groups is 1. The fourth-order valence-electron chi connectivity index (χ4n) is 2.91. The van der Waals surface area contributed by atoms with Crippen molar-refractivity contribution in [2.75, 3.05) is 13.7 Å². The van der Waals surface area contributed by atoms with E-state index in [1.54, 1.807) is 26.4 Å². The first-order valence-corrected chi connectivity index (χ1v) is 9.27. The largest absolute Gasteiger partial charge is 0.497 e. The second kappa shape index (κ2) is 8.73. The summed E-state index contributed by atoms with van der Waals surface area (Å²) in [7, 11) is 1.61. The summed E-state index contributed by atoms with van der Waals surface area (Å²) in [6.45, 7) is 3.32. The minimum absolute atomic E-state index is 0.245. The van der Waals surface area contributed by atoms with E-state index in [0.29, 0.717) is 18.6 Å². The van der Waals surface area contributed by atoms with Crippen molar-refractivity contribution in [3.8, 4) is 5.75 Å². The summed E-state index contributed by atoms with van der Waals surface area (Å²) in [5.74, 6) is 0.361. The van der Waals surface area contributed by atoms with E-state index < -0.39 is 0 Å². The number of amides is 1. The molecular weight excluding hydrogens is 360 g/mol. The van der Waals surface area contributed by atoms with Crippen LogP contribution in [0.2, 0.25) is 0 Å². The van der Waals surface area contributed by atoms with Gasteiger partial charge in [0.1, 0.15) is 17.6 Å². The number of carbonyl (C=O) groups excluding carboxylic acids is 2. The molecule has 2 atom stereocenters. The first-order valence-electron chi connectivity index (χ1n) is 9.27. The number of hydrogen-bond donors (Lipinski definition) is 0. The quantitative estimate of drug-likeness (QED) is 0.682. The van der Waals surface area contributed by atoms with Gasteiger partial charge in [-0.3, -0.25) is 9.59 Å². The number of nitrogens with zero attached hydrogens (tertiary/aromatic N) is 2. The van der Waals surface area contributed by atoms with Crippen LogP contribution < -0.4 is 4.74 Å². The lowest BCUT2D eigenvalue weighted by Gasteiger charge is -2.20. The molecule has 0 fully saturated rings. The highest BCUT2D eigenvalue weighted by Gasteiger charge is 2.35. The maximum Gasteiger partial charge on any atom is 0.309 e.